The minimum atomic E-state index is -0.772. The molecular formula is C30H40N4O3. The number of fused-ring (bicyclic) bond motifs is 2. The van der Waals surface area contributed by atoms with Crippen molar-refractivity contribution in [3.63, 3.8) is 0 Å². The number of amides is 3. The van der Waals surface area contributed by atoms with E-state index in [1.807, 2.05) is 57.2 Å². The van der Waals surface area contributed by atoms with Crippen LogP contribution in [0.5, 0.6) is 0 Å². The third-order valence-corrected chi connectivity index (χ3v) is 7.75. The summed E-state index contributed by atoms with van der Waals surface area (Å²) in [5.41, 5.74) is 4.01. The fourth-order valence-electron chi connectivity index (χ4n) is 5.37. The Labute approximate surface area is 220 Å². The van der Waals surface area contributed by atoms with Gasteiger partial charge in [0.05, 0.1) is 12.1 Å². The van der Waals surface area contributed by atoms with Gasteiger partial charge in [0.25, 0.3) is 0 Å². The number of nitrogens with one attached hydrogen (secondary N) is 3. The molecule has 0 bridgehead atoms. The van der Waals surface area contributed by atoms with Crippen LogP contribution in [-0.4, -0.2) is 47.8 Å². The Kier molecular flexibility index (Phi) is 8.02. The maximum absolute atomic E-state index is 14.1. The first-order chi connectivity index (χ1) is 17.6. The SMILES string of the molecule is CN[C@@H](C)C(=O)N[C@H](C(=O)N1Cc2ccccc2C[C@H]1C(=O)N[C@@H]1CCCc2ccccc21)C(C)(C)C. The summed E-state index contributed by atoms with van der Waals surface area (Å²) in [6.45, 7) is 7.90. The van der Waals surface area contributed by atoms with Gasteiger partial charge in [0.2, 0.25) is 17.7 Å². The first-order valence-corrected chi connectivity index (χ1v) is 13.3. The number of nitrogens with zero attached hydrogens (tertiary/aromatic N) is 1. The Bertz CT molecular complexity index is 1160. The van der Waals surface area contributed by atoms with Crippen molar-refractivity contribution in [2.75, 3.05) is 7.05 Å². The number of hydrogen-bond acceptors (Lipinski definition) is 4. The van der Waals surface area contributed by atoms with Crippen molar-refractivity contribution in [1.82, 2.24) is 20.9 Å². The average molecular weight is 505 g/mol. The molecule has 2 aromatic rings. The lowest BCUT2D eigenvalue weighted by molar-refractivity contribution is -0.147. The van der Waals surface area contributed by atoms with Crippen molar-refractivity contribution in [3.05, 3.63) is 70.8 Å². The van der Waals surface area contributed by atoms with Crippen molar-refractivity contribution in [2.24, 2.45) is 5.41 Å². The van der Waals surface area contributed by atoms with Crippen LogP contribution < -0.4 is 16.0 Å². The van der Waals surface area contributed by atoms with E-state index in [0.717, 1.165) is 36.0 Å². The Hall–Kier alpha value is -3.19. The van der Waals surface area contributed by atoms with Crippen LogP contribution in [0.2, 0.25) is 0 Å². The molecule has 0 radical (unpaired) electrons. The van der Waals surface area contributed by atoms with Gasteiger partial charge in [-0.25, -0.2) is 0 Å². The molecule has 198 valence electrons. The molecule has 7 nitrogen and oxygen atoms in total. The molecule has 0 fully saturated rings. The summed E-state index contributed by atoms with van der Waals surface area (Å²) in [6.07, 6.45) is 3.35. The number of benzene rings is 2. The van der Waals surface area contributed by atoms with Gasteiger partial charge >= 0.3 is 0 Å². The van der Waals surface area contributed by atoms with Crippen LogP contribution in [0.4, 0.5) is 0 Å². The van der Waals surface area contributed by atoms with Gasteiger partial charge < -0.3 is 20.9 Å². The van der Waals surface area contributed by atoms with Crippen LogP contribution in [-0.2, 0) is 33.8 Å². The number of aryl methyl sites for hydroxylation is 1. The molecule has 3 N–H and O–H groups in total. The highest BCUT2D eigenvalue weighted by Gasteiger charge is 2.42. The standard InChI is InChI=1S/C30H40N4O3/c1-19(31-5)27(35)33-26(30(2,3)4)29(37)34-18-22-13-7-6-12-21(22)17-25(34)28(36)32-24-16-10-14-20-11-8-9-15-23(20)24/h6-9,11-13,15,19,24-26,31H,10,14,16-18H2,1-5H3,(H,32,36)(H,33,35)/t19-,24+,25-,26+/m0/s1. The van der Waals surface area contributed by atoms with Crippen molar-refractivity contribution in [3.8, 4) is 0 Å². The van der Waals surface area contributed by atoms with Crippen molar-refractivity contribution in [2.45, 2.75) is 84.1 Å². The second kappa shape index (κ2) is 11.1. The third kappa shape index (κ3) is 5.87. The molecule has 7 heteroatoms. The maximum Gasteiger partial charge on any atom is 0.246 e. The molecule has 0 spiro atoms. The molecule has 1 aliphatic heterocycles. The molecule has 2 aromatic carbocycles. The zero-order valence-corrected chi connectivity index (χ0v) is 22.6. The summed E-state index contributed by atoms with van der Waals surface area (Å²) in [5.74, 6) is -0.622. The molecule has 0 saturated carbocycles. The van der Waals surface area contributed by atoms with Crippen LogP contribution in [0.1, 0.15) is 68.8 Å². The van der Waals surface area contributed by atoms with E-state index in [2.05, 4.69) is 28.1 Å². The molecule has 2 aliphatic rings. The minimum absolute atomic E-state index is 0.0684. The molecule has 0 unspecified atom stereocenters. The third-order valence-electron chi connectivity index (χ3n) is 7.75. The molecular weight excluding hydrogens is 464 g/mol. The van der Waals surface area contributed by atoms with Gasteiger partial charge in [-0.2, -0.15) is 0 Å². The van der Waals surface area contributed by atoms with Gasteiger partial charge in [-0.05, 0) is 60.9 Å². The number of hydrogen-bond donors (Lipinski definition) is 3. The smallest absolute Gasteiger partial charge is 0.246 e. The Morgan fingerprint density at radius 1 is 0.973 bits per heavy atom. The van der Waals surface area contributed by atoms with E-state index in [-0.39, 0.29) is 23.8 Å². The summed E-state index contributed by atoms with van der Waals surface area (Å²) < 4.78 is 0. The van der Waals surface area contributed by atoms with Crippen LogP contribution in [0.15, 0.2) is 48.5 Å². The molecule has 1 aliphatic carbocycles. The van der Waals surface area contributed by atoms with Gasteiger partial charge in [0, 0.05) is 13.0 Å². The zero-order valence-electron chi connectivity index (χ0n) is 22.6. The average Bonchev–Trinajstić information content (AvgIpc) is 2.89. The highest BCUT2D eigenvalue weighted by molar-refractivity contribution is 5.94. The fourth-order valence-corrected chi connectivity index (χ4v) is 5.37. The van der Waals surface area contributed by atoms with Crippen molar-refractivity contribution >= 4 is 17.7 Å². The quantitative estimate of drug-likeness (QED) is 0.563. The number of likely N-dealkylation sites (N-methyl/N-ethyl adjacent to an activating group) is 1. The summed E-state index contributed by atoms with van der Waals surface area (Å²) >= 11 is 0. The topological polar surface area (TPSA) is 90.5 Å². The van der Waals surface area contributed by atoms with Gasteiger partial charge in [-0.3, -0.25) is 14.4 Å². The van der Waals surface area contributed by atoms with E-state index in [1.54, 1.807) is 18.9 Å². The Balaban J connectivity index is 1.63. The van der Waals surface area contributed by atoms with E-state index < -0.39 is 23.5 Å². The Morgan fingerprint density at radius 2 is 1.62 bits per heavy atom. The number of carbonyl (C=O) groups excluding carboxylic acids is 3. The normalized spacial score (nSPS) is 20.7. The van der Waals surface area contributed by atoms with Gasteiger partial charge in [-0.15, -0.1) is 0 Å². The van der Waals surface area contributed by atoms with Crippen molar-refractivity contribution in [1.29, 1.82) is 0 Å². The summed E-state index contributed by atoms with van der Waals surface area (Å²) in [5, 5.41) is 9.17. The molecule has 37 heavy (non-hydrogen) atoms. The zero-order chi connectivity index (χ0) is 26.7. The van der Waals surface area contributed by atoms with E-state index in [4.69, 9.17) is 0 Å². The predicted molar refractivity (Wildman–Crippen MR) is 145 cm³/mol. The molecule has 4 atom stereocenters. The summed E-state index contributed by atoms with van der Waals surface area (Å²) in [4.78, 5) is 42.4. The first-order valence-electron chi connectivity index (χ1n) is 13.3. The molecule has 3 amide bonds. The monoisotopic (exact) mass is 504 g/mol. The molecule has 0 saturated heterocycles. The van der Waals surface area contributed by atoms with Crippen LogP contribution in [0, 0.1) is 5.41 Å². The number of carbonyl (C=O) groups is 3. The summed E-state index contributed by atoms with van der Waals surface area (Å²) in [7, 11) is 1.71. The fraction of sp³-hybridized carbons (Fsp3) is 0.500. The maximum atomic E-state index is 14.1. The lowest BCUT2D eigenvalue weighted by Crippen LogP contribution is -2.62. The van der Waals surface area contributed by atoms with Gasteiger partial charge in [-0.1, -0.05) is 69.3 Å². The second-order valence-electron chi connectivity index (χ2n) is 11.4. The van der Waals surface area contributed by atoms with Gasteiger partial charge in [0.15, 0.2) is 0 Å². The second-order valence-corrected chi connectivity index (χ2v) is 11.4. The van der Waals surface area contributed by atoms with Gasteiger partial charge in [0.1, 0.15) is 12.1 Å². The van der Waals surface area contributed by atoms with E-state index in [1.165, 1.54) is 5.56 Å². The highest BCUT2D eigenvalue weighted by atomic mass is 16.2. The van der Waals surface area contributed by atoms with E-state index in [0.29, 0.717) is 13.0 Å². The van der Waals surface area contributed by atoms with Crippen molar-refractivity contribution < 1.29 is 14.4 Å². The largest absolute Gasteiger partial charge is 0.347 e. The Morgan fingerprint density at radius 3 is 2.30 bits per heavy atom. The lowest BCUT2D eigenvalue weighted by atomic mass is 9.83. The van der Waals surface area contributed by atoms with E-state index in [9.17, 15) is 14.4 Å². The minimum Gasteiger partial charge on any atom is -0.347 e. The predicted octanol–water partition coefficient (Wildman–Crippen LogP) is 3.27. The van der Waals surface area contributed by atoms with Crippen LogP contribution in [0.3, 0.4) is 0 Å². The van der Waals surface area contributed by atoms with Crippen LogP contribution >= 0.6 is 0 Å². The molecule has 1 heterocycles. The van der Waals surface area contributed by atoms with Crippen LogP contribution in [0.25, 0.3) is 0 Å². The first kappa shape index (κ1) is 26.9. The van der Waals surface area contributed by atoms with E-state index >= 15 is 0 Å². The lowest BCUT2D eigenvalue weighted by Gasteiger charge is -2.41. The number of rotatable bonds is 6. The molecule has 4 rings (SSSR count). The highest BCUT2D eigenvalue weighted by Crippen LogP contribution is 2.32. The molecule has 0 aromatic heterocycles. The summed E-state index contributed by atoms with van der Waals surface area (Å²) in [6, 6.07) is 14.3.